The number of nitrogens with one attached hydrogen (secondary N) is 1. The Morgan fingerprint density at radius 1 is 1.17 bits per heavy atom. The van der Waals surface area contributed by atoms with Gasteiger partial charge in [0.25, 0.3) is 5.91 Å². The van der Waals surface area contributed by atoms with Crippen LogP contribution in [0.15, 0.2) is 46.9 Å². The lowest BCUT2D eigenvalue weighted by molar-refractivity contribution is 0.0600. The van der Waals surface area contributed by atoms with Crippen molar-refractivity contribution in [2.75, 3.05) is 12.4 Å². The standard InChI is InChI=1S/C29H30N2O4S/c1-16-10-13-23(35-16)22-15-20(18-8-6-7-9-21(18)30-22)26(32)31-27-25(28(33)34-5)19-12-11-17(29(2,3)4)14-24(19)36-27/h6-10,13,15,17H,11-12,14H2,1-5H3,(H,31,32). The number of furan rings is 1. The summed E-state index contributed by atoms with van der Waals surface area (Å²) in [5.41, 5.74) is 3.42. The monoisotopic (exact) mass is 502 g/mol. The molecule has 0 aliphatic heterocycles. The van der Waals surface area contributed by atoms with Gasteiger partial charge in [0, 0.05) is 10.3 Å². The number of amides is 1. The van der Waals surface area contributed by atoms with Gasteiger partial charge in [-0.2, -0.15) is 0 Å². The van der Waals surface area contributed by atoms with Crippen LogP contribution in [0.5, 0.6) is 0 Å². The number of hydrogen-bond acceptors (Lipinski definition) is 6. The molecule has 0 spiro atoms. The topological polar surface area (TPSA) is 81.4 Å². The molecule has 1 aliphatic rings. The molecule has 0 bridgehead atoms. The molecule has 3 heterocycles. The quantitative estimate of drug-likeness (QED) is 0.302. The van der Waals surface area contributed by atoms with Crippen molar-refractivity contribution in [3.05, 3.63) is 69.8 Å². The number of thiophene rings is 1. The minimum atomic E-state index is -0.414. The molecule has 36 heavy (non-hydrogen) atoms. The van der Waals surface area contributed by atoms with Gasteiger partial charge in [-0.15, -0.1) is 11.3 Å². The number of methoxy groups -OCH3 is 1. The predicted octanol–water partition coefficient (Wildman–Crippen LogP) is 7.05. The Bertz CT molecular complexity index is 1470. The zero-order valence-electron chi connectivity index (χ0n) is 21.2. The first-order valence-electron chi connectivity index (χ1n) is 12.2. The van der Waals surface area contributed by atoms with Crippen LogP contribution >= 0.6 is 11.3 Å². The molecular weight excluding hydrogens is 472 g/mol. The summed E-state index contributed by atoms with van der Waals surface area (Å²) < 4.78 is 10.9. The molecule has 1 aliphatic carbocycles. The fourth-order valence-electron chi connectivity index (χ4n) is 4.96. The second kappa shape index (κ2) is 9.21. The average Bonchev–Trinajstić information content (AvgIpc) is 3.44. The number of carbonyl (C=O) groups excluding carboxylic acids is 2. The van der Waals surface area contributed by atoms with Crippen molar-refractivity contribution >= 4 is 39.1 Å². The van der Waals surface area contributed by atoms with E-state index < -0.39 is 5.97 Å². The largest absolute Gasteiger partial charge is 0.465 e. The zero-order chi connectivity index (χ0) is 25.6. The van der Waals surface area contributed by atoms with E-state index in [1.165, 1.54) is 18.4 Å². The van der Waals surface area contributed by atoms with E-state index >= 15 is 0 Å². The maximum absolute atomic E-state index is 13.7. The summed E-state index contributed by atoms with van der Waals surface area (Å²) in [5.74, 6) is 1.17. The number of carbonyl (C=O) groups is 2. The number of aryl methyl sites for hydroxylation is 1. The fraction of sp³-hybridized carbons (Fsp3) is 0.345. The number of nitrogens with zero attached hydrogens (tertiary/aromatic N) is 1. The van der Waals surface area contributed by atoms with E-state index in [0.29, 0.717) is 39.0 Å². The molecule has 1 aromatic carbocycles. The third-order valence-corrected chi connectivity index (χ3v) is 8.23. The summed E-state index contributed by atoms with van der Waals surface area (Å²) >= 11 is 1.49. The predicted molar refractivity (Wildman–Crippen MR) is 143 cm³/mol. The van der Waals surface area contributed by atoms with Crippen LogP contribution in [0, 0.1) is 18.3 Å². The highest BCUT2D eigenvalue weighted by atomic mass is 32.1. The number of aromatic nitrogens is 1. The number of esters is 1. The maximum Gasteiger partial charge on any atom is 0.341 e. The van der Waals surface area contributed by atoms with E-state index in [1.807, 2.05) is 43.3 Å². The molecule has 0 saturated carbocycles. The Hall–Kier alpha value is -3.45. The number of para-hydroxylation sites is 1. The SMILES string of the molecule is COC(=O)c1c(NC(=O)c2cc(-c3ccc(C)o3)nc3ccccc23)sc2c1CCC(C(C)(C)C)C2. The Morgan fingerprint density at radius 2 is 1.94 bits per heavy atom. The fourth-order valence-corrected chi connectivity index (χ4v) is 6.27. The number of hydrogen-bond donors (Lipinski definition) is 1. The Kier molecular flexibility index (Phi) is 6.20. The third kappa shape index (κ3) is 4.44. The van der Waals surface area contributed by atoms with Gasteiger partial charge in [-0.3, -0.25) is 4.79 Å². The molecule has 0 radical (unpaired) electrons. The molecule has 5 rings (SSSR count). The number of anilines is 1. The molecule has 7 heteroatoms. The molecule has 1 unspecified atom stereocenters. The first-order chi connectivity index (χ1) is 17.2. The Morgan fingerprint density at radius 3 is 2.64 bits per heavy atom. The van der Waals surface area contributed by atoms with E-state index in [4.69, 9.17) is 14.1 Å². The van der Waals surface area contributed by atoms with Crippen LogP contribution in [-0.4, -0.2) is 24.0 Å². The minimum Gasteiger partial charge on any atom is -0.465 e. The van der Waals surface area contributed by atoms with Crippen molar-refractivity contribution < 1.29 is 18.7 Å². The van der Waals surface area contributed by atoms with Crippen molar-refractivity contribution in [1.82, 2.24) is 4.98 Å². The second-order valence-corrected chi connectivity index (χ2v) is 11.5. The van der Waals surface area contributed by atoms with Gasteiger partial charge in [0.1, 0.15) is 16.5 Å². The van der Waals surface area contributed by atoms with Gasteiger partial charge in [-0.25, -0.2) is 9.78 Å². The van der Waals surface area contributed by atoms with Gasteiger partial charge in [0.2, 0.25) is 0 Å². The highest BCUT2D eigenvalue weighted by Gasteiger charge is 2.34. The molecular formula is C29H30N2O4S. The van der Waals surface area contributed by atoms with E-state index in [0.717, 1.165) is 40.8 Å². The lowest BCUT2D eigenvalue weighted by Crippen LogP contribution is -2.26. The summed E-state index contributed by atoms with van der Waals surface area (Å²) in [5, 5.41) is 4.33. The highest BCUT2D eigenvalue weighted by molar-refractivity contribution is 7.17. The van der Waals surface area contributed by atoms with Gasteiger partial charge in [-0.1, -0.05) is 39.0 Å². The summed E-state index contributed by atoms with van der Waals surface area (Å²) in [6.07, 6.45) is 2.70. The maximum atomic E-state index is 13.7. The summed E-state index contributed by atoms with van der Waals surface area (Å²) in [6, 6.07) is 13.0. The molecule has 6 nitrogen and oxygen atoms in total. The van der Waals surface area contributed by atoms with Crippen LogP contribution in [0.2, 0.25) is 0 Å². The van der Waals surface area contributed by atoms with E-state index in [-0.39, 0.29) is 11.3 Å². The summed E-state index contributed by atoms with van der Waals surface area (Å²) in [6.45, 7) is 8.64. The lowest BCUT2D eigenvalue weighted by Gasteiger charge is -2.33. The Balaban J connectivity index is 1.56. The normalized spacial score (nSPS) is 15.5. The van der Waals surface area contributed by atoms with Crippen LogP contribution in [0.25, 0.3) is 22.4 Å². The van der Waals surface area contributed by atoms with Crippen LogP contribution in [0.4, 0.5) is 5.00 Å². The van der Waals surface area contributed by atoms with Gasteiger partial charge >= 0.3 is 5.97 Å². The zero-order valence-corrected chi connectivity index (χ0v) is 22.0. The number of rotatable bonds is 4. The van der Waals surface area contributed by atoms with Crippen LogP contribution in [-0.2, 0) is 17.6 Å². The highest BCUT2D eigenvalue weighted by Crippen LogP contribution is 2.44. The third-order valence-electron chi connectivity index (χ3n) is 7.06. The summed E-state index contributed by atoms with van der Waals surface area (Å²) in [4.78, 5) is 32.4. The number of fused-ring (bicyclic) bond motifs is 2. The first-order valence-corrected chi connectivity index (χ1v) is 13.0. The van der Waals surface area contributed by atoms with E-state index in [9.17, 15) is 9.59 Å². The van der Waals surface area contributed by atoms with Crippen molar-refractivity contribution in [2.45, 2.75) is 47.0 Å². The number of benzene rings is 1. The molecule has 0 fully saturated rings. The number of ether oxygens (including phenoxy) is 1. The van der Waals surface area contributed by atoms with E-state index in [2.05, 4.69) is 26.1 Å². The van der Waals surface area contributed by atoms with Crippen LogP contribution in [0.3, 0.4) is 0 Å². The summed E-state index contributed by atoms with van der Waals surface area (Å²) in [7, 11) is 1.38. The van der Waals surface area contributed by atoms with Crippen molar-refractivity contribution in [3.8, 4) is 11.5 Å². The molecule has 3 aromatic heterocycles. The molecule has 1 N–H and O–H groups in total. The molecule has 1 atom stereocenters. The van der Waals surface area contributed by atoms with Crippen molar-refractivity contribution in [3.63, 3.8) is 0 Å². The average molecular weight is 503 g/mol. The van der Waals surface area contributed by atoms with Gasteiger partial charge in [0.05, 0.1) is 23.8 Å². The molecule has 4 aromatic rings. The molecule has 186 valence electrons. The minimum absolute atomic E-state index is 0.174. The number of pyridine rings is 1. The van der Waals surface area contributed by atoms with Gasteiger partial charge in [-0.05, 0) is 67.3 Å². The second-order valence-electron chi connectivity index (χ2n) is 10.4. The molecule has 0 saturated heterocycles. The first kappa shape index (κ1) is 24.3. The van der Waals surface area contributed by atoms with E-state index in [1.54, 1.807) is 6.07 Å². The smallest absolute Gasteiger partial charge is 0.341 e. The van der Waals surface area contributed by atoms with Crippen LogP contribution in [0.1, 0.15) is 64.1 Å². The molecule has 1 amide bonds. The Labute approximate surface area is 214 Å². The van der Waals surface area contributed by atoms with Crippen molar-refractivity contribution in [1.29, 1.82) is 0 Å². The van der Waals surface area contributed by atoms with Gasteiger partial charge in [0.15, 0.2) is 5.76 Å². The lowest BCUT2D eigenvalue weighted by atomic mass is 9.72. The van der Waals surface area contributed by atoms with Crippen molar-refractivity contribution in [2.24, 2.45) is 11.3 Å². The van der Waals surface area contributed by atoms with Crippen LogP contribution < -0.4 is 5.32 Å². The van der Waals surface area contributed by atoms with Gasteiger partial charge < -0.3 is 14.5 Å².